The summed E-state index contributed by atoms with van der Waals surface area (Å²) in [5.41, 5.74) is 0. The number of rotatable bonds is 15. The van der Waals surface area contributed by atoms with Gasteiger partial charge in [0.1, 0.15) is 0 Å². The van der Waals surface area contributed by atoms with Crippen LogP contribution in [0.3, 0.4) is 0 Å². The molecule has 0 aliphatic carbocycles. The molecule has 0 aromatic rings. The molecule has 3 N–H and O–H groups in total. The molecule has 0 fully saturated rings. The average Bonchev–Trinajstić information content (AvgIpc) is 2.43. The van der Waals surface area contributed by atoms with Crippen molar-refractivity contribution in [3.05, 3.63) is 0 Å². The van der Waals surface area contributed by atoms with Gasteiger partial charge in [-0.2, -0.15) is 0 Å². The molecule has 0 bridgehead atoms. The van der Waals surface area contributed by atoms with Crippen molar-refractivity contribution in [2.45, 2.75) is 19.3 Å². The van der Waals surface area contributed by atoms with E-state index in [4.69, 9.17) is 41.4 Å². The molecule has 0 unspecified atom stereocenters. The van der Waals surface area contributed by atoms with Gasteiger partial charge in [-0.3, -0.25) is 0 Å². The zero-order chi connectivity index (χ0) is 14.2. The molecule has 10 heteroatoms. The molecule has 116 valence electrons. The second kappa shape index (κ2) is 16.3. The minimum absolute atomic E-state index is 0.0158. The van der Waals surface area contributed by atoms with E-state index in [1.807, 2.05) is 0 Å². The predicted octanol–water partition coefficient (Wildman–Crippen LogP) is -0.659. The van der Waals surface area contributed by atoms with E-state index < -0.39 is 16.2 Å². The first-order chi connectivity index (χ1) is 9.35. The van der Waals surface area contributed by atoms with Gasteiger partial charge in [-0.05, 0) is 0 Å². The summed E-state index contributed by atoms with van der Waals surface area (Å²) >= 11 is -2.84. The predicted molar refractivity (Wildman–Crippen MR) is 56.2 cm³/mol. The van der Waals surface area contributed by atoms with Crippen LogP contribution in [-0.2, 0) is 42.3 Å². The maximum atomic E-state index is 8.55. The van der Waals surface area contributed by atoms with E-state index in [-0.39, 0.29) is 39.6 Å². The van der Waals surface area contributed by atoms with Crippen molar-refractivity contribution in [3.8, 4) is 0 Å². The molecule has 0 spiro atoms. The van der Waals surface area contributed by atoms with Crippen molar-refractivity contribution in [1.29, 1.82) is 0 Å². The average molecular weight is 324 g/mol. The molecule has 0 amide bonds. The molecular weight excluding hydrogens is 303 g/mol. The van der Waals surface area contributed by atoms with Crippen molar-refractivity contribution < 1.29 is 57.6 Å². The van der Waals surface area contributed by atoms with Gasteiger partial charge in [0.25, 0.3) is 0 Å². The van der Waals surface area contributed by atoms with Crippen LogP contribution >= 0.6 is 0 Å². The molecule has 0 saturated carbocycles. The van der Waals surface area contributed by atoms with Crippen LogP contribution in [0.25, 0.3) is 0 Å². The van der Waals surface area contributed by atoms with Gasteiger partial charge >= 0.3 is 117 Å². The SMILES string of the molecule is OCCCO[O][V]([O]OCCCO)[O]OCCCO. The van der Waals surface area contributed by atoms with Crippen LogP contribution in [0.1, 0.15) is 19.3 Å². The summed E-state index contributed by atoms with van der Waals surface area (Å²) in [6, 6.07) is 0. The molecule has 0 aromatic heterocycles. The fraction of sp³-hybridized carbons (Fsp3) is 1.00. The first-order valence-corrected chi connectivity index (χ1v) is 7.57. The second-order valence-electron chi connectivity index (χ2n) is 3.14. The first kappa shape index (κ1) is 19.2. The maximum absolute atomic E-state index is 8.55. The van der Waals surface area contributed by atoms with Gasteiger partial charge in [-0.1, -0.05) is 0 Å². The van der Waals surface area contributed by atoms with E-state index in [0.717, 1.165) is 0 Å². The number of hydrogen-bond acceptors (Lipinski definition) is 9. The third-order valence-corrected chi connectivity index (χ3v) is 2.56. The van der Waals surface area contributed by atoms with Gasteiger partial charge in [-0.15, -0.1) is 0 Å². The van der Waals surface area contributed by atoms with Crippen LogP contribution in [0.4, 0.5) is 0 Å². The summed E-state index contributed by atoms with van der Waals surface area (Å²) in [5, 5.41) is 25.6. The minimum atomic E-state index is -2.84. The van der Waals surface area contributed by atoms with E-state index in [0.29, 0.717) is 19.3 Å². The fourth-order valence-corrected chi connectivity index (χ4v) is 1.52. The van der Waals surface area contributed by atoms with Crippen molar-refractivity contribution in [3.63, 3.8) is 0 Å². The van der Waals surface area contributed by atoms with Crippen LogP contribution in [0, 0.1) is 0 Å². The van der Waals surface area contributed by atoms with Gasteiger partial charge in [-0.25, -0.2) is 0 Å². The molecule has 0 aromatic carbocycles. The Balaban J connectivity index is 3.66. The second-order valence-corrected chi connectivity index (χ2v) is 4.54. The van der Waals surface area contributed by atoms with Crippen LogP contribution in [0.15, 0.2) is 0 Å². The Bertz CT molecular complexity index is 145. The van der Waals surface area contributed by atoms with Crippen molar-refractivity contribution in [2.24, 2.45) is 0 Å². The Morgan fingerprint density at radius 1 is 0.579 bits per heavy atom. The monoisotopic (exact) mass is 324 g/mol. The summed E-state index contributed by atoms with van der Waals surface area (Å²) in [4.78, 5) is 14.2. The molecular formula is C9H21O9V. The van der Waals surface area contributed by atoms with Crippen LogP contribution in [0.5, 0.6) is 0 Å². The van der Waals surface area contributed by atoms with E-state index >= 15 is 0 Å². The molecule has 0 heterocycles. The molecule has 0 atom stereocenters. The van der Waals surface area contributed by atoms with E-state index in [1.54, 1.807) is 0 Å². The van der Waals surface area contributed by atoms with E-state index in [1.165, 1.54) is 0 Å². The summed E-state index contributed by atoms with van der Waals surface area (Å²) in [6.07, 6.45) is 1.25. The number of aliphatic hydroxyl groups is 3. The van der Waals surface area contributed by atoms with Crippen molar-refractivity contribution in [2.75, 3.05) is 39.6 Å². The van der Waals surface area contributed by atoms with Gasteiger partial charge in [0.2, 0.25) is 0 Å². The van der Waals surface area contributed by atoms with Crippen molar-refractivity contribution >= 4 is 0 Å². The number of aliphatic hydroxyl groups excluding tert-OH is 3. The standard InChI is InChI=1S/3C3H8O3.V/c3*4-2-1-3-6-5;/h3*4-5H,1-3H2;/q;;;+3/p-3. The van der Waals surface area contributed by atoms with Gasteiger partial charge in [0.15, 0.2) is 0 Å². The zero-order valence-electron chi connectivity index (χ0n) is 10.6. The zero-order valence-corrected chi connectivity index (χ0v) is 12.0. The Hall–Kier alpha value is 0.224. The van der Waals surface area contributed by atoms with Crippen LogP contribution < -0.4 is 0 Å². The molecule has 0 saturated heterocycles. The van der Waals surface area contributed by atoms with Gasteiger partial charge in [0, 0.05) is 0 Å². The molecule has 0 rings (SSSR count). The van der Waals surface area contributed by atoms with E-state index in [9.17, 15) is 0 Å². The Kier molecular flexibility index (Phi) is 16.5. The van der Waals surface area contributed by atoms with Crippen LogP contribution in [0.2, 0.25) is 0 Å². The van der Waals surface area contributed by atoms with E-state index in [2.05, 4.69) is 0 Å². The summed E-state index contributed by atoms with van der Waals surface area (Å²) in [5.74, 6) is 0. The molecule has 0 aliphatic rings. The topological polar surface area (TPSA) is 116 Å². The summed E-state index contributed by atoms with van der Waals surface area (Å²) in [7, 11) is 0. The Labute approximate surface area is 117 Å². The van der Waals surface area contributed by atoms with Crippen LogP contribution in [-0.4, -0.2) is 55.0 Å². The quantitative estimate of drug-likeness (QED) is 0.205. The molecule has 0 radical (unpaired) electrons. The Morgan fingerprint density at radius 3 is 1.16 bits per heavy atom. The van der Waals surface area contributed by atoms with Gasteiger partial charge in [0.05, 0.1) is 0 Å². The molecule has 0 aliphatic heterocycles. The first-order valence-electron chi connectivity index (χ1n) is 5.86. The van der Waals surface area contributed by atoms with Gasteiger partial charge < -0.3 is 0 Å². The molecule has 19 heavy (non-hydrogen) atoms. The third-order valence-electron chi connectivity index (χ3n) is 1.50. The van der Waals surface area contributed by atoms with Crippen molar-refractivity contribution in [1.82, 2.24) is 0 Å². The number of hydrogen-bond donors (Lipinski definition) is 3. The molecule has 9 nitrogen and oxygen atoms in total. The normalized spacial score (nSPS) is 11.4. The summed E-state index contributed by atoms with van der Waals surface area (Å²) in [6.45, 7) is 0.499. The fourth-order valence-electron chi connectivity index (χ4n) is 0.649. The third kappa shape index (κ3) is 14.4. The summed E-state index contributed by atoms with van der Waals surface area (Å²) < 4.78 is 14.5. The Morgan fingerprint density at radius 2 is 0.895 bits per heavy atom.